The van der Waals surface area contributed by atoms with Crippen molar-refractivity contribution in [3.8, 4) is 5.69 Å². The third-order valence-electron chi connectivity index (χ3n) is 12.4. The summed E-state index contributed by atoms with van der Waals surface area (Å²) in [6, 6.07) is 58.8. The van der Waals surface area contributed by atoms with Gasteiger partial charge in [-0.1, -0.05) is 150 Å². The number of hydrogen-bond acceptors (Lipinski definition) is 2. The molecule has 8 rings (SSSR count). The van der Waals surface area contributed by atoms with Gasteiger partial charge in [0.25, 0.3) is 0 Å². The van der Waals surface area contributed by atoms with Crippen LogP contribution < -0.4 is 9.80 Å². The van der Waals surface area contributed by atoms with Gasteiger partial charge in [-0.2, -0.15) is 0 Å². The number of para-hydroxylation sites is 2. The van der Waals surface area contributed by atoms with Crippen LogP contribution in [0.25, 0.3) is 27.5 Å². The Hall–Kier alpha value is -5.77. The van der Waals surface area contributed by atoms with Crippen LogP contribution in [0.15, 0.2) is 158 Å². The second-order valence-electron chi connectivity index (χ2n) is 16.9. The van der Waals surface area contributed by atoms with Crippen molar-refractivity contribution >= 4 is 67.5 Å². The van der Waals surface area contributed by atoms with Crippen LogP contribution in [0.3, 0.4) is 0 Å². The minimum atomic E-state index is 0.685. The topological polar surface area (TPSA) is 11.4 Å². The minimum Gasteiger partial charge on any atom is -0.309 e. The Morgan fingerprint density at radius 1 is 0.387 bits per heavy atom. The summed E-state index contributed by atoms with van der Waals surface area (Å²) in [6.07, 6.45) is 13.7. The summed E-state index contributed by atoms with van der Waals surface area (Å²) in [5.41, 5.74) is 14.9. The number of halogens is 1. The van der Waals surface area contributed by atoms with Crippen LogP contribution in [0.2, 0.25) is 5.02 Å². The van der Waals surface area contributed by atoms with E-state index in [9.17, 15) is 0 Å². The van der Waals surface area contributed by atoms with Crippen LogP contribution in [0, 0.1) is 0 Å². The van der Waals surface area contributed by atoms with Gasteiger partial charge in [-0.05, 0) is 146 Å². The van der Waals surface area contributed by atoms with E-state index < -0.39 is 0 Å². The van der Waals surface area contributed by atoms with Gasteiger partial charge in [0, 0.05) is 33.5 Å². The lowest BCUT2D eigenvalue weighted by Gasteiger charge is -2.32. The van der Waals surface area contributed by atoms with Crippen LogP contribution >= 0.6 is 11.6 Å². The van der Waals surface area contributed by atoms with E-state index in [-0.39, 0.29) is 0 Å². The van der Waals surface area contributed by atoms with E-state index in [0.717, 1.165) is 76.5 Å². The highest BCUT2D eigenvalue weighted by atomic mass is 35.5. The Morgan fingerprint density at radius 3 is 0.968 bits per heavy atom. The lowest BCUT2D eigenvalue weighted by atomic mass is 10.0. The molecule has 1 heterocycles. The molecule has 0 spiro atoms. The molecule has 316 valence electrons. The SMILES string of the molecule is CCCCc1ccc(N(c2ccc(CCCC)cc2)c2cc(-n3c4ccccc4c4ccccc43)cc(N(c3ccc(CCCC)cc3)c3ccc(CCCC)cc3)c2Cl)cc1. The molecule has 0 radical (unpaired) electrons. The predicted molar refractivity (Wildman–Crippen MR) is 270 cm³/mol. The largest absolute Gasteiger partial charge is 0.309 e. The fraction of sp³-hybridized carbons (Fsp3) is 0.276. The number of hydrogen-bond donors (Lipinski definition) is 0. The van der Waals surface area contributed by atoms with Crippen molar-refractivity contribution < 1.29 is 0 Å². The zero-order chi connectivity index (χ0) is 42.8. The molecular weight excluding hydrogens is 774 g/mol. The first kappa shape index (κ1) is 42.9. The smallest absolute Gasteiger partial charge is 0.0888 e. The summed E-state index contributed by atoms with van der Waals surface area (Å²) in [6.45, 7) is 9.04. The third-order valence-corrected chi connectivity index (χ3v) is 12.8. The highest BCUT2D eigenvalue weighted by molar-refractivity contribution is 6.37. The van der Waals surface area contributed by atoms with E-state index in [0.29, 0.717) is 5.02 Å². The van der Waals surface area contributed by atoms with Crippen molar-refractivity contribution in [2.24, 2.45) is 0 Å². The minimum absolute atomic E-state index is 0.685. The van der Waals surface area contributed by atoms with Gasteiger partial charge in [0.2, 0.25) is 0 Å². The molecule has 62 heavy (non-hydrogen) atoms. The molecule has 0 amide bonds. The first-order chi connectivity index (χ1) is 30.5. The summed E-state index contributed by atoms with van der Waals surface area (Å²) >= 11 is 8.07. The van der Waals surface area contributed by atoms with Crippen molar-refractivity contribution in [3.05, 3.63) is 185 Å². The van der Waals surface area contributed by atoms with Gasteiger partial charge in [0.05, 0.1) is 33.1 Å². The zero-order valence-electron chi connectivity index (χ0n) is 37.2. The standard InChI is InChI=1S/C58H62ClN3/c1-5-9-17-43-25-33-47(34-26-43)60(48-35-27-44(28-36-48)18-10-6-2)56-41-51(62-54-23-15-13-21-52(54)53-22-14-16-24-55(53)62)42-57(58(56)59)61(49-37-29-45(30-38-49)19-11-7-3)50-39-31-46(32-40-50)20-12-8-4/h13-16,21-42H,5-12,17-20H2,1-4H3. The fourth-order valence-electron chi connectivity index (χ4n) is 8.86. The molecule has 0 saturated carbocycles. The lowest BCUT2D eigenvalue weighted by Crippen LogP contribution is -2.16. The molecule has 7 aromatic carbocycles. The number of benzene rings is 7. The van der Waals surface area contributed by atoms with E-state index in [2.05, 4.69) is 200 Å². The number of aromatic nitrogens is 1. The zero-order valence-corrected chi connectivity index (χ0v) is 38.0. The van der Waals surface area contributed by atoms with E-state index in [4.69, 9.17) is 11.6 Å². The van der Waals surface area contributed by atoms with E-state index in [1.807, 2.05) is 0 Å². The third kappa shape index (κ3) is 9.34. The van der Waals surface area contributed by atoms with Crippen LogP contribution in [0.1, 0.15) is 101 Å². The van der Waals surface area contributed by atoms with Crippen molar-refractivity contribution in [2.45, 2.75) is 105 Å². The Morgan fingerprint density at radius 2 is 0.677 bits per heavy atom. The molecule has 0 saturated heterocycles. The monoisotopic (exact) mass is 835 g/mol. The Bertz CT molecular complexity index is 2390. The number of nitrogens with zero attached hydrogens (tertiary/aromatic N) is 3. The highest BCUT2D eigenvalue weighted by Crippen LogP contribution is 2.49. The van der Waals surface area contributed by atoms with Gasteiger partial charge in [-0.3, -0.25) is 0 Å². The molecule has 8 aromatic rings. The highest BCUT2D eigenvalue weighted by Gasteiger charge is 2.26. The molecule has 0 aliphatic carbocycles. The molecular formula is C58H62ClN3. The number of rotatable bonds is 19. The first-order valence-electron chi connectivity index (χ1n) is 23.3. The van der Waals surface area contributed by atoms with Gasteiger partial charge in [-0.25, -0.2) is 0 Å². The molecule has 0 fully saturated rings. The second-order valence-corrected chi connectivity index (χ2v) is 17.3. The number of anilines is 6. The Kier molecular flexibility index (Phi) is 14.1. The Balaban J connectivity index is 1.41. The second kappa shape index (κ2) is 20.4. The lowest BCUT2D eigenvalue weighted by molar-refractivity contribution is 0.795. The summed E-state index contributed by atoms with van der Waals surface area (Å²) in [7, 11) is 0. The van der Waals surface area contributed by atoms with Crippen LogP contribution in [-0.2, 0) is 25.7 Å². The molecule has 0 aliphatic heterocycles. The van der Waals surface area contributed by atoms with Crippen LogP contribution in [0.4, 0.5) is 34.1 Å². The predicted octanol–water partition coefficient (Wildman–Crippen LogP) is 17.7. The summed E-state index contributed by atoms with van der Waals surface area (Å²) in [5, 5.41) is 3.14. The average molecular weight is 837 g/mol. The van der Waals surface area contributed by atoms with E-state index in [1.165, 1.54) is 84.4 Å². The molecule has 4 heteroatoms. The van der Waals surface area contributed by atoms with Gasteiger partial charge in [0.15, 0.2) is 0 Å². The fourth-order valence-corrected chi connectivity index (χ4v) is 9.14. The molecule has 0 unspecified atom stereocenters. The van der Waals surface area contributed by atoms with E-state index >= 15 is 0 Å². The van der Waals surface area contributed by atoms with Crippen LogP contribution in [-0.4, -0.2) is 4.57 Å². The first-order valence-corrected chi connectivity index (χ1v) is 23.7. The molecule has 3 nitrogen and oxygen atoms in total. The number of unbranched alkanes of at least 4 members (excludes halogenated alkanes) is 4. The van der Waals surface area contributed by atoms with Gasteiger partial charge in [-0.15, -0.1) is 0 Å². The van der Waals surface area contributed by atoms with Gasteiger partial charge in [0.1, 0.15) is 0 Å². The molecule has 1 aromatic heterocycles. The number of aryl methyl sites for hydroxylation is 4. The summed E-state index contributed by atoms with van der Waals surface area (Å²) in [4.78, 5) is 4.74. The molecule has 0 aliphatic rings. The number of fused-ring (bicyclic) bond motifs is 3. The Labute approximate surface area is 375 Å². The molecule has 0 N–H and O–H groups in total. The van der Waals surface area contributed by atoms with Crippen molar-refractivity contribution in [2.75, 3.05) is 9.80 Å². The summed E-state index contributed by atoms with van der Waals surface area (Å²) in [5.74, 6) is 0. The maximum Gasteiger partial charge on any atom is 0.0888 e. The summed E-state index contributed by atoms with van der Waals surface area (Å²) < 4.78 is 2.42. The van der Waals surface area contributed by atoms with E-state index in [1.54, 1.807) is 0 Å². The van der Waals surface area contributed by atoms with Gasteiger partial charge >= 0.3 is 0 Å². The van der Waals surface area contributed by atoms with Crippen molar-refractivity contribution in [1.82, 2.24) is 4.57 Å². The molecule has 0 atom stereocenters. The molecule has 0 bridgehead atoms. The van der Waals surface area contributed by atoms with Gasteiger partial charge < -0.3 is 14.4 Å². The van der Waals surface area contributed by atoms with Crippen molar-refractivity contribution in [1.29, 1.82) is 0 Å². The maximum absolute atomic E-state index is 8.07. The maximum atomic E-state index is 8.07. The van der Waals surface area contributed by atoms with Crippen LogP contribution in [0.5, 0.6) is 0 Å². The average Bonchev–Trinajstić information content (AvgIpc) is 3.66. The quantitative estimate of drug-likeness (QED) is 0.0804. The normalized spacial score (nSPS) is 11.4. The van der Waals surface area contributed by atoms with Crippen molar-refractivity contribution in [3.63, 3.8) is 0 Å².